The molecule has 1 atom stereocenters. The van der Waals surface area contributed by atoms with Gasteiger partial charge < -0.3 is 15.1 Å². The number of likely N-dealkylation sites (N-methyl/N-ethyl adjacent to an activating group) is 1. The van der Waals surface area contributed by atoms with Crippen molar-refractivity contribution in [1.82, 2.24) is 25.0 Å². The molecule has 0 aliphatic carbocycles. The summed E-state index contributed by atoms with van der Waals surface area (Å²) >= 11 is 0. The Morgan fingerprint density at radius 2 is 2.03 bits per heavy atom. The summed E-state index contributed by atoms with van der Waals surface area (Å²) in [5, 5.41) is 11.8. The van der Waals surface area contributed by atoms with E-state index >= 15 is 0 Å². The highest BCUT2D eigenvalue weighted by atomic mass is 16.2. The van der Waals surface area contributed by atoms with Crippen LogP contribution in [0.5, 0.6) is 0 Å². The predicted molar refractivity (Wildman–Crippen MR) is 123 cm³/mol. The van der Waals surface area contributed by atoms with Crippen LogP contribution in [0.4, 0.5) is 17.5 Å². The summed E-state index contributed by atoms with van der Waals surface area (Å²) in [5.41, 5.74) is 3.87. The van der Waals surface area contributed by atoms with Gasteiger partial charge >= 0.3 is 0 Å². The van der Waals surface area contributed by atoms with Crippen LogP contribution in [0.3, 0.4) is 0 Å². The Hall–Kier alpha value is -3.49. The average Bonchev–Trinajstić information content (AvgIpc) is 3.46. The van der Waals surface area contributed by atoms with Crippen LogP contribution in [0.2, 0.25) is 0 Å². The maximum atomic E-state index is 12.5. The molecule has 166 valence electrons. The summed E-state index contributed by atoms with van der Waals surface area (Å²) in [5.74, 6) is 2.08. The quantitative estimate of drug-likeness (QED) is 0.640. The molecule has 0 spiro atoms. The van der Waals surface area contributed by atoms with Crippen molar-refractivity contribution >= 4 is 23.4 Å². The van der Waals surface area contributed by atoms with Gasteiger partial charge in [-0.3, -0.25) is 4.79 Å². The smallest absolute Gasteiger partial charge is 0.249 e. The van der Waals surface area contributed by atoms with Crippen LogP contribution in [-0.4, -0.2) is 50.5 Å². The topological polar surface area (TPSA) is 92.1 Å². The standard InChI is InChI=1S/C23H28N8O/c1-15(2)11-17-14-31(28-27-17)18-8-6-16(7-9-18)12-24-23-25-13-20-21(26-23)30-10-4-5-19(30)22(32)29(20)3/h6-9,13-15,19H,4-5,10-12H2,1-3H3,(H,24,25,26). The Morgan fingerprint density at radius 1 is 1.22 bits per heavy atom. The van der Waals surface area contributed by atoms with E-state index in [-0.39, 0.29) is 11.9 Å². The van der Waals surface area contributed by atoms with Gasteiger partial charge in [0.1, 0.15) is 11.7 Å². The largest absolute Gasteiger partial charge is 0.350 e. The lowest BCUT2D eigenvalue weighted by atomic mass is 10.1. The third-order valence-corrected chi connectivity index (χ3v) is 6.06. The van der Waals surface area contributed by atoms with Crippen molar-refractivity contribution in [1.29, 1.82) is 0 Å². The van der Waals surface area contributed by atoms with Gasteiger partial charge in [-0.1, -0.05) is 31.2 Å². The zero-order chi connectivity index (χ0) is 22.2. The van der Waals surface area contributed by atoms with Crippen LogP contribution in [0, 0.1) is 5.92 Å². The number of carbonyl (C=O) groups excluding carboxylic acids is 1. The molecule has 32 heavy (non-hydrogen) atoms. The zero-order valence-corrected chi connectivity index (χ0v) is 18.7. The fraction of sp³-hybridized carbons (Fsp3) is 0.435. The summed E-state index contributed by atoms with van der Waals surface area (Å²) in [6.07, 6.45) is 6.53. The van der Waals surface area contributed by atoms with Crippen LogP contribution in [0.1, 0.15) is 37.9 Å². The van der Waals surface area contributed by atoms with Gasteiger partial charge in [0.25, 0.3) is 0 Å². The van der Waals surface area contributed by atoms with E-state index in [9.17, 15) is 4.79 Å². The Balaban J connectivity index is 1.27. The zero-order valence-electron chi connectivity index (χ0n) is 18.7. The first-order valence-electron chi connectivity index (χ1n) is 11.2. The molecular weight excluding hydrogens is 404 g/mol. The lowest BCUT2D eigenvalue weighted by molar-refractivity contribution is -0.119. The highest BCUT2D eigenvalue weighted by Crippen LogP contribution is 2.37. The van der Waals surface area contributed by atoms with E-state index in [4.69, 9.17) is 4.98 Å². The monoisotopic (exact) mass is 432 g/mol. The second-order valence-corrected chi connectivity index (χ2v) is 8.92. The van der Waals surface area contributed by atoms with Crippen LogP contribution in [0.15, 0.2) is 36.7 Å². The van der Waals surface area contributed by atoms with Gasteiger partial charge in [-0.05, 0) is 42.9 Å². The number of carbonyl (C=O) groups is 1. The van der Waals surface area contributed by atoms with Crippen molar-refractivity contribution in [3.8, 4) is 5.69 Å². The predicted octanol–water partition coefficient (Wildman–Crippen LogP) is 2.81. The maximum absolute atomic E-state index is 12.5. The van der Waals surface area contributed by atoms with Crippen molar-refractivity contribution in [2.75, 3.05) is 28.7 Å². The van der Waals surface area contributed by atoms with Crippen molar-refractivity contribution in [3.63, 3.8) is 0 Å². The lowest BCUT2D eigenvalue weighted by Gasteiger charge is -2.36. The first kappa shape index (κ1) is 20.4. The summed E-state index contributed by atoms with van der Waals surface area (Å²) in [4.78, 5) is 25.5. The molecule has 1 N–H and O–H groups in total. The number of anilines is 3. The van der Waals surface area contributed by atoms with Crippen molar-refractivity contribution in [3.05, 3.63) is 47.9 Å². The summed E-state index contributed by atoms with van der Waals surface area (Å²) in [6.45, 7) is 5.81. The van der Waals surface area contributed by atoms with Crippen molar-refractivity contribution in [2.45, 2.75) is 45.7 Å². The van der Waals surface area contributed by atoms with Gasteiger partial charge in [-0.2, -0.15) is 4.98 Å². The van der Waals surface area contributed by atoms with Crippen LogP contribution in [0.25, 0.3) is 5.69 Å². The van der Waals surface area contributed by atoms with Crippen LogP contribution < -0.4 is 15.1 Å². The number of rotatable bonds is 6. The summed E-state index contributed by atoms with van der Waals surface area (Å²) < 4.78 is 1.81. The highest BCUT2D eigenvalue weighted by Gasteiger charge is 2.40. The number of hydrogen-bond donors (Lipinski definition) is 1. The number of fused-ring (bicyclic) bond motifs is 3. The van der Waals surface area contributed by atoms with Gasteiger partial charge in [-0.25, -0.2) is 9.67 Å². The minimum atomic E-state index is -0.0966. The Bertz CT molecular complexity index is 1120. The van der Waals surface area contributed by atoms with Crippen LogP contribution in [-0.2, 0) is 17.8 Å². The fourth-order valence-electron chi connectivity index (χ4n) is 4.40. The van der Waals surface area contributed by atoms with E-state index in [2.05, 4.69) is 51.5 Å². The second-order valence-electron chi connectivity index (χ2n) is 8.92. The first-order valence-corrected chi connectivity index (χ1v) is 11.2. The van der Waals surface area contributed by atoms with E-state index in [1.165, 1.54) is 0 Å². The third kappa shape index (κ3) is 3.79. The molecule has 0 bridgehead atoms. The maximum Gasteiger partial charge on any atom is 0.249 e. The Kier molecular flexibility index (Phi) is 5.24. The Morgan fingerprint density at radius 3 is 2.81 bits per heavy atom. The number of aromatic nitrogens is 5. The lowest BCUT2D eigenvalue weighted by Crippen LogP contribution is -2.49. The second kappa shape index (κ2) is 8.22. The minimum Gasteiger partial charge on any atom is -0.350 e. The molecule has 2 aliphatic rings. The van der Waals surface area contributed by atoms with Gasteiger partial charge in [0, 0.05) is 20.1 Å². The molecule has 1 aromatic carbocycles. The van der Waals surface area contributed by atoms with Crippen molar-refractivity contribution in [2.24, 2.45) is 5.92 Å². The van der Waals surface area contributed by atoms with Gasteiger partial charge in [-0.15, -0.1) is 5.10 Å². The molecule has 9 nitrogen and oxygen atoms in total. The average molecular weight is 433 g/mol. The van der Waals surface area contributed by atoms with E-state index in [0.717, 1.165) is 54.3 Å². The molecule has 2 aliphatic heterocycles. The molecule has 9 heteroatoms. The summed E-state index contributed by atoms with van der Waals surface area (Å²) in [7, 11) is 1.80. The normalized spacial score (nSPS) is 17.6. The highest BCUT2D eigenvalue weighted by molar-refractivity contribution is 6.04. The molecule has 1 unspecified atom stereocenters. The molecular formula is C23H28N8O. The van der Waals surface area contributed by atoms with Gasteiger partial charge in [0.15, 0.2) is 5.82 Å². The van der Waals surface area contributed by atoms with Crippen LogP contribution >= 0.6 is 0 Å². The molecule has 4 heterocycles. The Labute approximate surface area is 187 Å². The van der Waals surface area contributed by atoms with Crippen molar-refractivity contribution < 1.29 is 4.79 Å². The number of hydrogen-bond acceptors (Lipinski definition) is 7. The number of benzene rings is 1. The van der Waals surface area contributed by atoms with Gasteiger partial charge in [0.05, 0.1) is 23.8 Å². The van der Waals surface area contributed by atoms with E-state index < -0.39 is 0 Å². The minimum absolute atomic E-state index is 0.0966. The van der Waals surface area contributed by atoms with E-state index in [1.54, 1.807) is 18.1 Å². The molecule has 2 aromatic heterocycles. The fourth-order valence-corrected chi connectivity index (χ4v) is 4.40. The van der Waals surface area contributed by atoms with Gasteiger partial charge in [0.2, 0.25) is 11.9 Å². The summed E-state index contributed by atoms with van der Waals surface area (Å²) in [6, 6.07) is 8.10. The molecule has 0 radical (unpaired) electrons. The van der Waals surface area contributed by atoms with E-state index in [0.29, 0.717) is 18.4 Å². The first-order chi connectivity index (χ1) is 15.5. The molecule has 1 saturated heterocycles. The molecule has 1 fully saturated rings. The molecule has 3 aromatic rings. The third-order valence-electron chi connectivity index (χ3n) is 6.06. The number of nitrogens with one attached hydrogen (secondary N) is 1. The molecule has 1 amide bonds. The number of nitrogens with zero attached hydrogens (tertiary/aromatic N) is 7. The number of amides is 1. The SMILES string of the molecule is CC(C)Cc1cn(-c2ccc(CNc3ncc4c(n3)N3CCCC3C(=O)N4C)cc2)nn1. The molecule has 0 saturated carbocycles. The molecule has 5 rings (SSSR count). The van der Waals surface area contributed by atoms with E-state index in [1.807, 2.05) is 23.0 Å².